The van der Waals surface area contributed by atoms with Gasteiger partial charge in [0.1, 0.15) is 0 Å². The van der Waals surface area contributed by atoms with E-state index in [1.165, 1.54) is 0 Å². The zero-order valence-electron chi connectivity index (χ0n) is 13.6. The van der Waals surface area contributed by atoms with Gasteiger partial charge in [0.25, 0.3) is 0 Å². The molecule has 0 spiro atoms. The van der Waals surface area contributed by atoms with Crippen molar-refractivity contribution < 1.29 is 10.2 Å². The van der Waals surface area contributed by atoms with E-state index in [4.69, 9.17) is 5.11 Å². The maximum atomic E-state index is 10.4. The number of anilines is 1. The molecular formula is C20H27NO2. The Morgan fingerprint density at radius 3 is 2.30 bits per heavy atom. The van der Waals surface area contributed by atoms with E-state index in [0.717, 1.165) is 49.0 Å². The van der Waals surface area contributed by atoms with Crippen LogP contribution in [0.3, 0.4) is 0 Å². The van der Waals surface area contributed by atoms with Crippen LogP contribution in [0.1, 0.15) is 42.9 Å². The van der Waals surface area contributed by atoms with Gasteiger partial charge in [-0.2, -0.15) is 0 Å². The van der Waals surface area contributed by atoms with Crippen LogP contribution in [0.25, 0.3) is 0 Å². The summed E-state index contributed by atoms with van der Waals surface area (Å²) >= 11 is 0. The van der Waals surface area contributed by atoms with Gasteiger partial charge in [0.15, 0.2) is 0 Å². The van der Waals surface area contributed by atoms with Gasteiger partial charge in [0.2, 0.25) is 0 Å². The first-order chi connectivity index (χ1) is 11.3. The lowest BCUT2D eigenvalue weighted by molar-refractivity contribution is 0.178. The van der Waals surface area contributed by atoms with E-state index < -0.39 is 6.10 Å². The van der Waals surface area contributed by atoms with Gasteiger partial charge in [-0.05, 0) is 30.0 Å². The van der Waals surface area contributed by atoms with E-state index in [9.17, 15) is 5.11 Å². The van der Waals surface area contributed by atoms with E-state index >= 15 is 0 Å². The smallest absolute Gasteiger partial charge is 0.0831 e. The number of nitrogens with one attached hydrogen (secondary N) is 1. The molecule has 1 atom stereocenters. The van der Waals surface area contributed by atoms with Crippen molar-refractivity contribution in [2.45, 2.75) is 38.2 Å². The summed E-state index contributed by atoms with van der Waals surface area (Å²) in [7, 11) is 0. The maximum absolute atomic E-state index is 10.4. The van der Waals surface area contributed by atoms with Gasteiger partial charge < -0.3 is 15.5 Å². The van der Waals surface area contributed by atoms with Gasteiger partial charge in [-0.15, -0.1) is 0 Å². The second-order valence-electron chi connectivity index (χ2n) is 5.85. The zero-order chi connectivity index (χ0) is 16.3. The van der Waals surface area contributed by atoms with Crippen molar-refractivity contribution in [3.05, 3.63) is 65.7 Å². The molecule has 3 nitrogen and oxygen atoms in total. The summed E-state index contributed by atoms with van der Waals surface area (Å²) in [6.07, 6.45) is 4.31. The number of aliphatic hydroxyl groups is 2. The highest BCUT2D eigenvalue weighted by Crippen LogP contribution is 2.23. The molecule has 124 valence electrons. The Morgan fingerprint density at radius 1 is 0.826 bits per heavy atom. The minimum Gasteiger partial charge on any atom is -0.396 e. The zero-order valence-corrected chi connectivity index (χ0v) is 13.6. The van der Waals surface area contributed by atoms with E-state index in [2.05, 4.69) is 17.4 Å². The molecule has 0 aliphatic carbocycles. The summed E-state index contributed by atoms with van der Waals surface area (Å²) in [5.41, 5.74) is 3.19. The van der Waals surface area contributed by atoms with Crippen LogP contribution < -0.4 is 5.32 Å². The molecule has 0 fully saturated rings. The molecule has 2 rings (SSSR count). The first-order valence-corrected chi connectivity index (χ1v) is 8.47. The summed E-state index contributed by atoms with van der Waals surface area (Å²) in [4.78, 5) is 0. The van der Waals surface area contributed by atoms with E-state index in [1.54, 1.807) is 0 Å². The number of para-hydroxylation sites is 1. The molecule has 0 aliphatic heterocycles. The molecule has 0 radical (unpaired) electrons. The number of hydrogen-bond donors (Lipinski definition) is 3. The summed E-state index contributed by atoms with van der Waals surface area (Å²) < 4.78 is 0. The average molecular weight is 313 g/mol. The Balaban J connectivity index is 1.87. The van der Waals surface area contributed by atoms with Crippen molar-refractivity contribution in [1.29, 1.82) is 0 Å². The lowest BCUT2D eigenvalue weighted by atomic mass is 10.00. The van der Waals surface area contributed by atoms with Crippen molar-refractivity contribution in [2.75, 3.05) is 18.5 Å². The predicted octanol–water partition coefficient (Wildman–Crippen LogP) is 3.93. The summed E-state index contributed by atoms with van der Waals surface area (Å²) in [5, 5.41) is 22.7. The molecule has 23 heavy (non-hydrogen) atoms. The highest BCUT2D eigenvalue weighted by Gasteiger charge is 2.10. The van der Waals surface area contributed by atoms with Gasteiger partial charge in [-0.1, -0.05) is 61.4 Å². The van der Waals surface area contributed by atoms with E-state index in [-0.39, 0.29) is 6.61 Å². The summed E-state index contributed by atoms with van der Waals surface area (Å²) in [6.45, 7) is 1.21. The normalized spacial score (nSPS) is 12.1. The van der Waals surface area contributed by atoms with Crippen molar-refractivity contribution in [3.8, 4) is 0 Å². The molecule has 0 bridgehead atoms. The van der Waals surface area contributed by atoms with Crippen LogP contribution >= 0.6 is 0 Å². The van der Waals surface area contributed by atoms with Gasteiger partial charge >= 0.3 is 0 Å². The largest absolute Gasteiger partial charge is 0.396 e. The predicted molar refractivity (Wildman–Crippen MR) is 95.6 cm³/mol. The second kappa shape index (κ2) is 10.0. The molecule has 3 N–H and O–H groups in total. The number of hydrogen-bond acceptors (Lipinski definition) is 3. The van der Waals surface area contributed by atoms with Crippen molar-refractivity contribution >= 4 is 5.69 Å². The first kappa shape index (κ1) is 17.5. The van der Waals surface area contributed by atoms with Gasteiger partial charge in [0, 0.05) is 25.3 Å². The molecule has 0 saturated heterocycles. The minimum atomic E-state index is -0.483. The third-order valence-electron chi connectivity index (χ3n) is 4.02. The Labute approximate surface area is 139 Å². The Hall–Kier alpha value is -1.84. The highest BCUT2D eigenvalue weighted by atomic mass is 16.3. The van der Waals surface area contributed by atoms with Crippen LogP contribution in [-0.2, 0) is 6.42 Å². The molecule has 0 aliphatic rings. The van der Waals surface area contributed by atoms with Gasteiger partial charge in [-0.25, -0.2) is 0 Å². The Morgan fingerprint density at radius 2 is 1.52 bits per heavy atom. The van der Waals surface area contributed by atoms with Crippen LogP contribution in [0.15, 0.2) is 54.6 Å². The van der Waals surface area contributed by atoms with Crippen LogP contribution in [0.2, 0.25) is 0 Å². The monoisotopic (exact) mass is 313 g/mol. The highest BCUT2D eigenvalue weighted by molar-refractivity contribution is 5.51. The molecule has 2 aromatic rings. The molecule has 0 saturated carbocycles. The fourth-order valence-corrected chi connectivity index (χ4v) is 2.69. The number of aliphatic hydroxyl groups excluding tert-OH is 2. The molecular weight excluding hydrogens is 286 g/mol. The molecule has 2 aromatic carbocycles. The Bertz CT molecular complexity index is 557. The summed E-state index contributed by atoms with van der Waals surface area (Å²) in [6, 6.07) is 18.0. The third-order valence-corrected chi connectivity index (χ3v) is 4.02. The average Bonchev–Trinajstić information content (AvgIpc) is 2.60. The minimum absolute atomic E-state index is 0.285. The van der Waals surface area contributed by atoms with Crippen molar-refractivity contribution in [3.63, 3.8) is 0 Å². The Kier molecular flexibility index (Phi) is 7.64. The molecule has 0 heterocycles. The fourth-order valence-electron chi connectivity index (χ4n) is 2.69. The third kappa shape index (κ3) is 6.05. The lowest BCUT2D eigenvalue weighted by Crippen LogP contribution is -2.07. The number of benzene rings is 2. The van der Waals surface area contributed by atoms with E-state index in [0.29, 0.717) is 6.42 Å². The topological polar surface area (TPSA) is 52.5 Å². The van der Waals surface area contributed by atoms with Crippen molar-refractivity contribution in [2.24, 2.45) is 0 Å². The molecule has 0 aromatic heterocycles. The van der Waals surface area contributed by atoms with Crippen molar-refractivity contribution in [1.82, 2.24) is 0 Å². The lowest BCUT2D eigenvalue weighted by Gasteiger charge is -2.15. The van der Waals surface area contributed by atoms with Crippen LogP contribution in [0.5, 0.6) is 0 Å². The van der Waals surface area contributed by atoms with Crippen LogP contribution in [-0.4, -0.2) is 23.4 Å². The number of unbranched alkanes of at least 4 members (excludes halogenated alkanes) is 3. The number of rotatable bonds is 10. The van der Waals surface area contributed by atoms with Gasteiger partial charge in [0.05, 0.1) is 6.10 Å². The molecule has 0 amide bonds. The van der Waals surface area contributed by atoms with E-state index in [1.807, 2.05) is 42.5 Å². The summed E-state index contributed by atoms with van der Waals surface area (Å²) in [5.74, 6) is 0. The maximum Gasteiger partial charge on any atom is 0.0831 e. The molecule has 3 heteroatoms. The van der Waals surface area contributed by atoms with Crippen LogP contribution in [0.4, 0.5) is 5.69 Å². The fraction of sp³-hybridized carbons (Fsp3) is 0.400. The second-order valence-corrected chi connectivity index (χ2v) is 5.85. The van der Waals surface area contributed by atoms with Gasteiger partial charge in [-0.3, -0.25) is 0 Å². The molecule has 1 unspecified atom stereocenters. The standard InChI is InChI=1S/C20H27NO2/c22-15-9-2-1-8-14-21-19-13-7-6-12-18(19)16-20(23)17-10-4-3-5-11-17/h3-7,10-13,20-23H,1-2,8-9,14-16H2. The van der Waals surface area contributed by atoms with Crippen LogP contribution in [0, 0.1) is 0 Å². The first-order valence-electron chi connectivity index (χ1n) is 8.47. The quantitative estimate of drug-likeness (QED) is 0.583. The SMILES string of the molecule is OCCCCCCNc1ccccc1CC(O)c1ccccc1.